The van der Waals surface area contributed by atoms with Gasteiger partial charge >= 0.3 is 0 Å². The van der Waals surface area contributed by atoms with Crippen LogP contribution in [0.15, 0.2) is 16.3 Å². The smallest absolute Gasteiger partial charge is 0.155 e. The molecule has 0 aromatic carbocycles. The molecule has 0 aromatic rings. The van der Waals surface area contributed by atoms with E-state index in [1.54, 1.807) is 0 Å². The van der Waals surface area contributed by atoms with E-state index in [4.69, 9.17) is 23.2 Å². The lowest BCUT2D eigenvalue weighted by molar-refractivity contribution is 0.425. The molecule has 10 heavy (non-hydrogen) atoms. The number of hydrogen-bond donors (Lipinski definition) is 1. The number of nitrogens with zero attached hydrogens (tertiary/aromatic N) is 2. The van der Waals surface area contributed by atoms with Crippen LogP contribution in [0.4, 0.5) is 0 Å². The average Bonchev–Trinajstić information content (AvgIpc) is 1.85. The molecular formula is C4H5Cl2N3S. The molecule has 56 valence electrons. The van der Waals surface area contributed by atoms with Gasteiger partial charge in [-0.15, -0.1) is 9.62 Å². The van der Waals surface area contributed by atoms with Crippen LogP contribution in [-0.4, -0.2) is 15.9 Å². The minimum absolute atomic E-state index is 0.373. The third kappa shape index (κ3) is 1.97. The first kappa shape index (κ1) is 8.04. The van der Waals surface area contributed by atoms with Crippen molar-refractivity contribution in [1.82, 2.24) is 9.95 Å². The van der Waals surface area contributed by atoms with Crippen LogP contribution in [0.25, 0.3) is 0 Å². The second kappa shape index (κ2) is 3.37. The summed E-state index contributed by atoms with van der Waals surface area (Å²) in [6.07, 6.45) is 3.39. The van der Waals surface area contributed by atoms with E-state index >= 15 is 0 Å². The summed E-state index contributed by atoms with van der Waals surface area (Å²) in [6.45, 7) is 0. The maximum Gasteiger partial charge on any atom is 0.155 e. The number of allylic oxidation sites excluding steroid dienone is 1. The van der Waals surface area contributed by atoms with Gasteiger partial charge in [0.05, 0.1) is 0 Å². The van der Waals surface area contributed by atoms with E-state index in [0.29, 0.717) is 10.3 Å². The highest BCUT2D eigenvalue weighted by Gasteiger charge is 2.07. The highest BCUT2D eigenvalue weighted by molar-refractivity contribution is 7.96. The van der Waals surface area contributed by atoms with E-state index in [1.807, 2.05) is 6.26 Å². The summed E-state index contributed by atoms with van der Waals surface area (Å²) in [5.74, 6) is 0. The number of nitrogens with one attached hydrogen (secondary N) is 1. The van der Waals surface area contributed by atoms with Crippen LogP contribution < -0.4 is 5.43 Å². The highest BCUT2D eigenvalue weighted by Crippen LogP contribution is 2.13. The van der Waals surface area contributed by atoms with Crippen molar-refractivity contribution in [2.45, 2.75) is 0 Å². The molecule has 0 aliphatic carbocycles. The maximum absolute atomic E-state index is 5.61. The fraction of sp³-hybridized carbons (Fsp3) is 0.250. The molecule has 1 aliphatic rings. The van der Waals surface area contributed by atoms with Crippen molar-refractivity contribution in [2.75, 3.05) is 6.26 Å². The lowest BCUT2D eigenvalue weighted by atomic mass is 10.6. The van der Waals surface area contributed by atoms with Crippen molar-refractivity contribution in [3.05, 3.63) is 11.2 Å². The Kier molecular flexibility index (Phi) is 2.71. The first-order chi connectivity index (χ1) is 4.72. The molecule has 0 amide bonds. The third-order valence-corrected chi connectivity index (χ3v) is 1.70. The lowest BCUT2D eigenvalue weighted by Crippen LogP contribution is -2.28. The van der Waals surface area contributed by atoms with E-state index in [-0.39, 0.29) is 0 Å². The second-order valence-corrected chi connectivity index (χ2v) is 2.99. The Bertz CT molecular complexity index is 191. The van der Waals surface area contributed by atoms with Crippen molar-refractivity contribution in [3.8, 4) is 0 Å². The molecule has 0 fully saturated rings. The molecule has 0 spiro atoms. The molecule has 0 aromatic heterocycles. The second-order valence-electron chi connectivity index (χ2n) is 1.48. The Labute approximate surface area is 73.1 Å². The molecule has 1 rings (SSSR count). The molecule has 1 heterocycles. The van der Waals surface area contributed by atoms with Crippen LogP contribution in [0.2, 0.25) is 0 Å². The topological polar surface area (TPSA) is 27.6 Å². The van der Waals surface area contributed by atoms with Gasteiger partial charge in [-0.1, -0.05) is 23.2 Å². The minimum atomic E-state index is 0.373. The number of hydrazone groups is 1. The summed E-state index contributed by atoms with van der Waals surface area (Å²) in [7, 11) is 0. The van der Waals surface area contributed by atoms with Crippen molar-refractivity contribution in [2.24, 2.45) is 5.10 Å². The molecule has 0 atom stereocenters. The molecule has 0 unspecified atom stereocenters. The standard InChI is InChI=1S/C4H5Cl2N3S/c1-10-9-7-3(5)2-4(6)8-9/h2,7H,1H3. The molecule has 0 saturated carbocycles. The van der Waals surface area contributed by atoms with E-state index < -0.39 is 0 Å². The average molecular weight is 198 g/mol. The molecule has 0 saturated heterocycles. The van der Waals surface area contributed by atoms with Crippen LogP contribution in [0.1, 0.15) is 0 Å². The zero-order valence-corrected chi connectivity index (χ0v) is 7.46. The van der Waals surface area contributed by atoms with Crippen LogP contribution in [0.3, 0.4) is 0 Å². The van der Waals surface area contributed by atoms with Gasteiger partial charge in [-0.25, -0.2) is 0 Å². The number of hydrogen-bond acceptors (Lipinski definition) is 4. The van der Waals surface area contributed by atoms with Gasteiger partial charge in [-0.05, 0) is 11.9 Å². The Morgan fingerprint density at radius 2 is 2.40 bits per heavy atom. The Balaban J connectivity index is 2.67. The first-order valence-corrected chi connectivity index (χ1v) is 4.38. The maximum atomic E-state index is 5.61. The molecule has 6 heteroatoms. The Morgan fingerprint density at radius 1 is 1.70 bits per heavy atom. The molecule has 3 nitrogen and oxygen atoms in total. The molecular weight excluding hydrogens is 193 g/mol. The summed E-state index contributed by atoms with van der Waals surface area (Å²) in [4.78, 5) is 0. The minimum Gasteiger partial charge on any atom is -0.261 e. The van der Waals surface area contributed by atoms with E-state index in [0.717, 1.165) is 0 Å². The molecule has 1 N–H and O–H groups in total. The van der Waals surface area contributed by atoms with Crippen molar-refractivity contribution < 1.29 is 0 Å². The lowest BCUT2D eigenvalue weighted by Gasteiger charge is -2.19. The summed E-state index contributed by atoms with van der Waals surface area (Å²) in [5, 5.41) is 4.70. The predicted molar refractivity (Wildman–Crippen MR) is 45.7 cm³/mol. The van der Waals surface area contributed by atoms with Gasteiger partial charge in [-0.3, -0.25) is 5.43 Å². The quantitative estimate of drug-likeness (QED) is 0.513. The summed E-state index contributed by atoms with van der Waals surface area (Å²) in [6, 6.07) is 0. The number of rotatable bonds is 1. The Morgan fingerprint density at radius 3 is 2.90 bits per heavy atom. The van der Waals surface area contributed by atoms with Crippen molar-refractivity contribution in [1.29, 1.82) is 0 Å². The zero-order valence-electron chi connectivity index (χ0n) is 5.14. The summed E-state index contributed by atoms with van der Waals surface area (Å²) in [5.41, 5.74) is 2.75. The van der Waals surface area contributed by atoms with Gasteiger partial charge in [-0.2, -0.15) is 0 Å². The number of halogens is 2. The fourth-order valence-corrected chi connectivity index (χ4v) is 1.33. The van der Waals surface area contributed by atoms with Crippen molar-refractivity contribution >= 4 is 40.3 Å². The van der Waals surface area contributed by atoms with E-state index in [1.165, 1.54) is 22.5 Å². The van der Waals surface area contributed by atoms with Gasteiger partial charge in [0, 0.05) is 12.3 Å². The summed E-state index contributed by atoms with van der Waals surface area (Å²) < 4.78 is 1.48. The predicted octanol–water partition coefficient (Wildman–Crippen LogP) is 1.72. The SMILES string of the molecule is CSN1N=C(Cl)C=C(Cl)N1. The normalized spacial score (nSPS) is 17.7. The van der Waals surface area contributed by atoms with Crippen LogP contribution >= 0.6 is 35.1 Å². The van der Waals surface area contributed by atoms with Gasteiger partial charge < -0.3 is 0 Å². The molecule has 0 radical (unpaired) electrons. The third-order valence-electron chi connectivity index (χ3n) is 0.808. The van der Waals surface area contributed by atoms with Crippen LogP contribution in [-0.2, 0) is 0 Å². The van der Waals surface area contributed by atoms with E-state index in [2.05, 4.69) is 10.5 Å². The molecule has 0 bridgehead atoms. The van der Waals surface area contributed by atoms with Gasteiger partial charge in [0.25, 0.3) is 0 Å². The molecule has 1 aliphatic heterocycles. The summed E-state index contributed by atoms with van der Waals surface area (Å²) >= 11 is 12.6. The van der Waals surface area contributed by atoms with Gasteiger partial charge in [0.1, 0.15) is 5.16 Å². The van der Waals surface area contributed by atoms with E-state index in [9.17, 15) is 0 Å². The first-order valence-electron chi connectivity index (χ1n) is 2.44. The van der Waals surface area contributed by atoms with Crippen molar-refractivity contribution in [3.63, 3.8) is 0 Å². The highest BCUT2D eigenvalue weighted by atomic mass is 35.5. The fourth-order valence-electron chi connectivity index (χ4n) is 0.455. The largest absolute Gasteiger partial charge is 0.261 e. The zero-order chi connectivity index (χ0) is 7.56. The van der Waals surface area contributed by atoms with Crippen LogP contribution in [0.5, 0.6) is 0 Å². The Hall–Kier alpha value is -0.0600. The van der Waals surface area contributed by atoms with Gasteiger partial charge in [0.15, 0.2) is 5.17 Å². The van der Waals surface area contributed by atoms with Crippen LogP contribution in [0, 0.1) is 0 Å². The number of hydrazine groups is 1. The van der Waals surface area contributed by atoms with Gasteiger partial charge in [0.2, 0.25) is 0 Å². The monoisotopic (exact) mass is 197 g/mol.